The van der Waals surface area contributed by atoms with Crippen LogP contribution in [-0.2, 0) is 16.1 Å². The van der Waals surface area contributed by atoms with Gasteiger partial charge in [-0.1, -0.05) is 81.3 Å². The van der Waals surface area contributed by atoms with Gasteiger partial charge in [0.05, 0.1) is 30.0 Å². The summed E-state index contributed by atoms with van der Waals surface area (Å²) in [7, 11) is 2.83. The Kier molecular flexibility index (Phi) is 8.44. The molecule has 0 saturated carbocycles. The lowest BCUT2D eigenvalue weighted by atomic mass is 9.95. The van der Waals surface area contributed by atoms with Crippen molar-refractivity contribution in [3.8, 4) is 11.5 Å². The van der Waals surface area contributed by atoms with Crippen molar-refractivity contribution >= 4 is 61.7 Å². The van der Waals surface area contributed by atoms with Crippen molar-refractivity contribution in [3.63, 3.8) is 0 Å². The largest absolute Gasteiger partial charge is 0.496 e. The summed E-state index contributed by atoms with van der Waals surface area (Å²) in [6.07, 6.45) is 1.84. The van der Waals surface area contributed by atoms with Gasteiger partial charge in [-0.3, -0.25) is 9.36 Å². The summed E-state index contributed by atoms with van der Waals surface area (Å²) in [5.74, 6) is 0.518. The van der Waals surface area contributed by atoms with Crippen LogP contribution in [-0.4, -0.2) is 24.8 Å². The first-order valence-electron chi connectivity index (χ1n) is 13.6. The van der Waals surface area contributed by atoms with E-state index in [4.69, 9.17) is 25.8 Å². The van der Waals surface area contributed by atoms with Crippen LogP contribution in [0.25, 0.3) is 16.8 Å². The molecule has 2 heterocycles. The minimum Gasteiger partial charge on any atom is -0.496 e. The van der Waals surface area contributed by atoms with Crippen molar-refractivity contribution in [2.75, 3.05) is 14.2 Å². The third-order valence-electron chi connectivity index (χ3n) is 7.43. The topological polar surface area (TPSA) is 79.1 Å². The molecule has 0 radical (unpaired) electrons. The molecule has 0 fully saturated rings. The summed E-state index contributed by atoms with van der Waals surface area (Å²) in [5, 5.41) is 2.38. The highest BCUT2D eigenvalue weighted by atomic mass is 79.9. The second-order valence-corrected chi connectivity index (χ2v) is 12.4. The first kappa shape index (κ1) is 29.9. The number of hydrogen-bond donors (Lipinski definition) is 0. The molecule has 44 heavy (non-hydrogen) atoms. The zero-order valence-corrected chi connectivity index (χ0v) is 27.1. The Hall–Kier alpha value is -4.18. The molecule has 0 spiro atoms. The molecule has 1 aromatic heterocycles. The van der Waals surface area contributed by atoms with Crippen molar-refractivity contribution in [3.05, 3.63) is 136 Å². The molecule has 0 aliphatic carbocycles. The lowest BCUT2D eigenvalue weighted by Gasteiger charge is -2.25. The van der Waals surface area contributed by atoms with Crippen molar-refractivity contribution in [1.82, 2.24) is 4.57 Å². The third kappa shape index (κ3) is 5.58. The van der Waals surface area contributed by atoms with Gasteiger partial charge in [0.1, 0.15) is 24.1 Å². The fraction of sp³-hybridized carbons (Fsp3) is 0.147. The van der Waals surface area contributed by atoms with Gasteiger partial charge in [-0.05, 0) is 65.7 Å². The van der Waals surface area contributed by atoms with Gasteiger partial charge in [0.15, 0.2) is 4.80 Å². The maximum Gasteiger partial charge on any atom is 0.338 e. The smallest absolute Gasteiger partial charge is 0.338 e. The average Bonchev–Trinajstić information content (AvgIpc) is 3.34. The summed E-state index contributed by atoms with van der Waals surface area (Å²) >= 11 is 11.1. The second-order valence-electron chi connectivity index (χ2n) is 10.1. The molecule has 10 heteroatoms. The fourth-order valence-electron chi connectivity index (χ4n) is 5.33. The highest BCUT2D eigenvalue weighted by Crippen LogP contribution is 2.37. The molecule has 5 aromatic rings. The Bertz CT molecular complexity index is 2140. The van der Waals surface area contributed by atoms with Gasteiger partial charge < -0.3 is 14.2 Å². The molecule has 0 N–H and O–H groups in total. The summed E-state index contributed by atoms with van der Waals surface area (Å²) in [6.45, 7) is 2.08. The Morgan fingerprint density at radius 2 is 1.80 bits per heavy atom. The normalized spacial score (nSPS) is 14.8. The number of methoxy groups -OCH3 is 2. The Balaban J connectivity index is 1.56. The van der Waals surface area contributed by atoms with E-state index < -0.39 is 12.0 Å². The molecule has 0 amide bonds. The van der Waals surface area contributed by atoms with Crippen molar-refractivity contribution in [1.29, 1.82) is 0 Å². The lowest BCUT2D eigenvalue weighted by molar-refractivity contribution is -0.136. The van der Waals surface area contributed by atoms with Crippen LogP contribution in [0.4, 0.5) is 0 Å². The number of carbonyl (C=O) groups excluding carboxylic acids is 1. The number of aromatic nitrogens is 1. The number of ether oxygens (including phenoxy) is 3. The van der Waals surface area contributed by atoms with E-state index in [2.05, 4.69) is 20.9 Å². The molecule has 0 saturated heterocycles. The number of benzene rings is 4. The van der Waals surface area contributed by atoms with E-state index in [0.717, 1.165) is 26.4 Å². The van der Waals surface area contributed by atoms with E-state index >= 15 is 0 Å². The predicted molar refractivity (Wildman–Crippen MR) is 176 cm³/mol. The maximum absolute atomic E-state index is 14.3. The van der Waals surface area contributed by atoms with Crippen LogP contribution < -0.4 is 24.4 Å². The molecule has 0 bridgehead atoms. The SMILES string of the molecule is COC(=O)C1=C(C)N=c2s/c(=C\c3c(OCc4ccc(Br)cc4)ccc4ccccc34)c(=O)n2[C@@H]1c1cc(Cl)ccc1OC. The molecule has 1 aliphatic heterocycles. The standard InChI is InChI=1S/C34H26BrClN2O5S/c1-19-30(33(40)42-3)31(26-16-23(36)13-15-27(26)41-2)38-32(39)29(44-34(38)37-19)17-25-24-7-5-4-6-21(24)10-14-28(25)43-18-20-8-11-22(35)12-9-20/h4-17,31H,18H2,1-3H3/b29-17-/t31-/m1/s1. The average molecular weight is 690 g/mol. The molecule has 7 nitrogen and oxygen atoms in total. The molecule has 6 rings (SSSR count). The quantitative estimate of drug-likeness (QED) is 0.181. The molecule has 222 valence electrons. The van der Waals surface area contributed by atoms with Crippen LogP contribution in [0.15, 0.2) is 104 Å². The van der Waals surface area contributed by atoms with Crippen molar-refractivity contribution < 1.29 is 19.0 Å². The van der Waals surface area contributed by atoms with Gasteiger partial charge in [-0.25, -0.2) is 9.79 Å². The number of nitrogens with zero attached hydrogens (tertiary/aromatic N) is 2. The van der Waals surface area contributed by atoms with E-state index in [1.165, 1.54) is 30.1 Å². The van der Waals surface area contributed by atoms with E-state index in [0.29, 0.717) is 43.7 Å². The lowest BCUT2D eigenvalue weighted by Crippen LogP contribution is -2.40. The highest BCUT2D eigenvalue weighted by molar-refractivity contribution is 9.10. The van der Waals surface area contributed by atoms with Gasteiger partial charge in [-0.2, -0.15) is 0 Å². The molecule has 4 aromatic carbocycles. The number of rotatable bonds is 7. The molecule has 1 aliphatic rings. The Labute approximate surface area is 270 Å². The van der Waals surface area contributed by atoms with Crippen LogP contribution in [0.3, 0.4) is 0 Å². The highest BCUT2D eigenvalue weighted by Gasteiger charge is 2.35. The summed E-state index contributed by atoms with van der Waals surface area (Å²) in [6, 6.07) is 24.0. The minimum absolute atomic E-state index is 0.232. The van der Waals surface area contributed by atoms with Crippen LogP contribution in [0.2, 0.25) is 5.02 Å². The number of esters is 1. The van der Waals surface area contributed by atoms with Gasteiger partial charge in [0, 0.05) is 20.6 Å². The first-order valence-corrected chi connectivity index (χ1v) is 15.6. The number of halogens is 2. The van der Waals surface area contributed by atoms with Crippen LogP contribution in [0.5, 0.6) is 11.5 Å². The zero-order valence-electron chi connectivity index (χ0n) is 24.0. The number of thiazole rings is 1. The Morgan fingerprint density at radius 3 is 2.55 bits per heavy atom. The molecular formula is C34H26BrClN2O5S. The summed E-state index contributed by atoms with van der Waals surface area (Å²) < 4.78 is 20.0. The van der Waals surface area contributed by atoms with E-state index in [1.807, 2.05) is 66.7 Å². The number of allylic oxidation sites excluding steroid dienone is 1. The minimum atomic E-state index is -0.866. The van der Waals surface area contributed by atoms with E-state index in [-0.39, 0.29) is 11.1 Å². The molecular weight excluding hydrogens is 664 g/mol. The van der Waals surface area contributed by atoms with Crippen molar-refractivity contribution in [2.24, 2.45) is 4.99 Å². The van der Waals surface area contributed by atoms with Gasteiger partial charge >= 0.3 is 5.97 Å². The molecule has 1 atom stereocenters. The van der Waals surface area contributed by atoms with E-state index in [1.54, 1.807) is 25.1 Å². The maximum atomic E-state index is 14.3. The predicted octanol–water partition coefficient (Wildman–Crippen LogP) is 6.56. The van der Waals surface area contributed by atoms with Gasteiger partial charge in [0.2, 0.25) is 0 Å². The van der Waals surface area contributed by atoms with Crippen LogP contribution >= 0.6 is 38.9 Å². The fourth-order valence-corrected chi connectivity index (χ4v) is 6.80. The number of fused-ring (bicyclic) bond motifs is 2. The van der Waals surface area contributed by atoms with Crippen molar-refractivity contribution in [2.45, 2.75) is 19.6 Å². The third-order valence-corrected chi connectivity index (χ3v) is 9.17. The monoisotopic (exact) mass is 688 g/mol. The summed E-state index contributed by atoms with van der Waals surface area (Å²) in [4.78, 5) is 32.5. The van der Waals surface area contributed by atoms with Crippen LogP contribution in [0.1, 0.15) is 29.7 Å². The molecule has 0 unspecified atom stereocenters. The van der Waals surface area contributed by atoms with Gasteiger partial charge in [-0.15, -0.1) is 0 Å². The Morgan fingerprint density at radius 1 is 1.05 bits per heavy atom. The van der Waals surface area contributed by atoms with Crippen LogP contribution in [0, 0.1) is 0 Å². The van der Waals surface area contributed by atoms with Gasteiger partial charge in [0.25, 0.3) is 5.56 Å². The second kappa shape index (κ2) is 12.4. The van der Waals surface area contributed by atoms with E-state index in [9.17, 15) is 9.59 Å². The zero-order chi connectivity index (χ0) is 31.0. The number of carbonyl (C=O) groups is 1. The summed E-state index contributed by atoms with van der Waals surface area (Å²) in [5.41, 5.74) is 2.68. The number of hydrogen-bond acceptors (Lipinski definition) is 7. The first-order chi connectivity index (χ1) is 21.3.